The van der Waals surface area contributed by atoms with E-state index in [2.05, 4.69) is 46.2 Å². The SMILES string of the molecule is Nc1ccc(CCCN2CCN(c3ccccc3)CC2)cc1N. The van der Waals surface area contributed by atoms with Crippen LogP contribution in [0, 0.1) is 0 Å². The molecule has 1 aliphatic heterocycles. The van der Waals surface area contributed by atoms with Crippen molar-refractivity contribution in [3.63, 3.8) is 0 Å². The fourth-order valence-corrected chi connectivity index (χ4v) is 3.16. The van der Waals surface area contributed by atoms with Gasteiger partial charge in [-0.25, -0.2) is 0 Å². The molecular weight excluding hydrogens is 284 g/mol. The van der Waals surface area contributed by atoms with Crippen molar-refractivity contribution in [2.24, 2.45) is 0 Å². The quantitative estimate of drug-likeness (QED) is 0.834. The number of piperazine rings is 1. The molecule has 0 aromatic heterocycles. The molecule has 3 rings (SSSR count). The third kappa shape index (κ3) is 4.17. The lowest BCUT2D eigenvalue weighted by Crippen LogP contribution is -2.46. The van der Waals surface area contributed by atoms with Crippen LogP contribution in [0.5, 0.6) is 0 Å². The van der Waals surface area contributed by atoms with Crippen LogP contribution < -0.4 is 16.4 Å². The van der Waals surface area contributed by atoms with Crippen molar-refractivity contribution in [1.29, 1.82) is 0 Å². The third-order valence-electron chi connectivity index (χ3n) is 4.58. The minimum atomic E-state index is 0.672. The van der Waals surface area contributed by atoms with Gasteiger partial charge in [-0.1, -0.05) is 24.3 Å². The van der Waals surface area contributed by atoms with Crippen LogP contribution in [0.25, 0.3) is 0 Å². The zero-order chi connectivity index (χ0) is 16.1. The van der Waals surface area contributed by atoms with Gasteiger partial charge in [-0.3, -0.25) is 4.90 Å². The molecule has 0 amide bonds. The molecule has 4 nitrogen and oxygen atoms in total. The first-order valence-corrected chi connectivity index (χ1v) is 8.38. The Labute approximate surface area is 138 Å². The molecule has 1 heterocycles. The van der Waals surface area contributed by atoms with Gasteiger partial charge in [-0.2, -0.15) is 0 Å². The first-order valence-electron chi connectivity index (χ1n) is 8.38. The lowest BCUT2D eigenvalue weighted by molar-refractivity contribution is 0.255. The zero-order valence-corrected chi connectivity index (χ0v) is 13.6. The predicted octanol–water partition coefficient (Wildman–Crippen LogP) is 2.61. The molecule has 0 saturated carbocycles. The van der Waals surface area contributed by atoms with Crippen molar-refractivity contribution in [2.75, 3.05) is 49.1 Å². The molecule has 0 bridgehead atoms. The summed E-state index contributed by atoms with van der Waals surface area (Å²) < 4.78 is 0. The van der Waals surface area contributed by atoms with Gasteiger partial charge in [0.25, 0.3) is 0 Å². The van der Waals surface area contributed by atoms with E-state index >= 15 is 0 Å². The topological polar surface area (TPSA) is 58.5 Å². The Morgan fingerprint density at radius 2 is 1.57 bits per heavy atom. The highest BCUT2D eigenvalue weighted by Gasteiger charge is 2.16. The van der Waals surface area contributed by atoms with Gasteiger partial charge in [-0.05, 0) is 49.2 Å². The average molecular weight is 310 g/mol. The largest absolute Gasteiger partial charge is 0.397 e. The maximum Gasteiger partial charge on any atom is 0.0550 e. The Balaban J connectivity index is 1.41. The number of rotatable bonds is 5. The van der Waals surface area contributed by atoms with Crippen LogP contribution in [0.4, 0.5) is 17.1 Å². The second-order valence-corrected chi connectivity index (χ2v) is 6.23. The molecular formula is C19H26N4. The van der Waals surface area contributed by atoms with Crippen molar-refractivity contribution in [2.45, 2.75) is 12.8 Å². The van der Waals surface area contributed by atoms with Crippen LogP contribution in [0.2, 0.25) is 0 Å². The van der Waals surface area contributed by atoms with Gasteiger partial charge in [0.15, 0.2) is 0 Å². The predicted molar refractivity (Wildman–Crippen MR) is 98.7 cm³/mol. The molecule has 23 heavy (non-hydrogen) atoms. The van der Waals surface area contributed by atoms with Crippen molar-refractivity contribution < 1.29 is 0 Å². The monoisotopic (exact) mass is 310 g/mol. The smallest absolute Gasteiger partial charge is 0.0550 e. The number of aryl methyl sites for hydroxylation is 1. The summed E-state index contributed by atoms with van der Waals surface area (Å²) in [6.07, 6.45) is 2.22. The van der Waals surface area contributed by atoms with Crippen molar-refractivity contribution >= 4 is 17.1 Å². The van der Waals surface area contributed by atoms with Gasteiger partial charge >= 0.3 is 0 Å². The van der Waals surface area contributed by atoms with Crippen LogP contribution in [0.15, 0.2) is 48.5 Å². The minimum Gasteiger partial charge on any atom is -0.397 e. The van der Waals surface area contributed by atoms with Crippen LogP contribution >= 0.6 is 0 Å². The molecule has 4 N–H and O–H groups in total. The van der Waals surface area contributed by atoms with Gasteiger partial charge in [-0.15, -0.1) is 0 Å². The molecule has 0 unspecified atom stereocenters. The summed E-state index contributed by atoms with van der Waals surface area (Å²) in [5.41, 5.74) is 15.6. The maximum atomic E-state index is 5.86. The third-order valence-corrected chi connectivity index (χ3v) is 4.58. The molecule has 1 saturated heterocycles. The molecule has 122 valence electrons. The molecule has 1 fully saturated rings. The number of para-hydroxylation sites is 1. The van der Waals surface area contributed by atoms with E-state index in [1.165, 1.54) is 11.3 Å². The lowest BCUT2D eigenvalue weighted by atomic mass is 10.1. The minimum absolute atomic E-state index is 0.672. The van der Waals surface area contributed by atoms with Crippen LogP contribution in [0.1, 0.15) is 12.0 Å². The summed E-state index contributed by atoms with van der Waals surface area (Å²) in [4.78, 5) is 5.03. The van der Waals surface area contributed by atoms with Crippen LogP contribution in [0.3, 0.4) is 0 Å². The van der Waals surface area contributed by atoms with Crippen molar-refractivity contribution in [1.82, 2.24) is 4.90 Å². The van der Waals surface area contributed by atoms with Gasteiger partial charge in [0.2, 0.25) is 0 Å². The molecule has 1 aliphatic rings. The van der Waals surface area contributed by atoms with E-state index < -0.39 is 0 Å². The summed E-state index contributed by atoms with van der Waals surface area (Å²) in [5.74, 6) is 0. The number of benzene rings is 2. The van der Waals surface area contributed by atoms with Gasteiger partial charge in [0, 0.05) is 31.9 Å². The zero-order valence-electron chi connectivity index (χ0n) is 13.6. The lowest BCUT2D eigenvalue weighted by Gasteiger charge is -2.36. The average Bonchev–Trinajstić information content (AvgIpc) is 2.59. The second-order valence-electron chi connectivity index (χ2n) is 6.23. The van der Waals surface area contributed by atoms with E-state index in [1.54, 1.807) is 0 Å². The number of anilines is 3. The number of nitrogens with two attached hydrogens (primary N) is 2. The first-order chi connectivity index (χ1) is 11.2. The van der Waals surface area contributed by atoms with Crippen LogP contribution in [-0.4, -0.2) is 37.6 Å². The Bertz CT molecular complexity index is 619. The maximum absolute atomic E-state index is 5.86. The first kappa shape index (κ1) is 15.7. The standard InChI is InChI=1S/C19H26N4/c20-18-9-8-16(15-19(18)21)5-4-10-22-11-13-23(14-12-22)17-6-2-1-3-7-17/h1-3,6-9,15H,4-5,10-14,20-21H2. The van der Waals surface area contributed by atoms with Gasteiger partial charge in [0.1, 0.15) is 0 Å². The molecule has 0 aliphatic carbocycles. The molecule has 0 spiro atoms. The van der Waals surface area contributed by atoms with Crippen molar-refractivity contribution in [3.8, 4) is 0 Å². The Hall–Kier alpha value is -2.20. The molecule has 2 aromatic carbocycles. The van der Waals surface area contributed by atoms with Gasteiger partial charge in [0.05, 0.1) is 11.4 Å². The van der Waals surface area contributed by atoms with Gasteiger partial charge < -0.3 is 16.4 Å². The molecule has 0 atom stereocenters. The summed E-state index contributed by atoms with van der Waals surface area (Å²) >= 11 is 0. The number of hydrogen-bond acceptors (Lipinski definition) is 4. The normalized spacial score (nSPS) is 15.7. The van der Waals surface area contributed by atoms with E-state index in [0.29, 0.717) is 11.4 Å². The molecule has 0 radical (unpaired) electrons. The number of hydrogen-bond donors (Lipinski definition) is 2. The van der Waals surface area contributed by atoms with E-state index in [-0.39, 0.29) is 0 Å². The summed E-state index contributed by atoms with van der Waals surface area (Å²) in [5, 5.41) is 0. The summed E-state index contributed by atoms with van der Waals surface area (Å²) in [6.45, 7) is 5.64. The highest BCUT2D eigenvalue weighted by molar-refractivity contribution is 5.63. The summed E-state index contributed by atoms with van der Waals surface area (Å²) in [7, 11) is 0. The fraction of sp³-hybridized carbons (Fsp3) is 0.368. The molecule has 2 aromatic rings. The number of nitrogens with zero attached hydrogens (tertiary/aromatic N) is 2. The highest BCUT2D eigenvalue weighted by atomic mass is 15.3. The van der Waals surface area contributed by atoms with E-state index in [1.807, 2.05) is 12.1 Å². The second kappa shape index (κ2) is 7.38. The van der Waals surface area contributed by atoms with Crippen molar-refractivity contribution in [3.05, 3.63) is 54.1 Å². The van der Waals surface area contributed by atoms with E-state index in [4.69, 9.17) is 11.5 Å². The Morgan fingerprint density at radius 1 is 0.826 bits per heavy atom. The summed E-state index contributed by atoms with van der Waals surface area (Å²) in [6, 6.07) is 16.7. The Morgan fingerprint density at radius 3 is 2.26 bits per heavy atom. The van der Waals surface area contributed by atoms with E-state index in [9.17, 15) is 0 Å². The number of nitrogen functional groups attached to an aromatic ring is 2. The van der Waals surface area contributed by atoms with E-state index in [0.717, 1.165) is 45.6 Å². The highest BCUT2D eigenvalue weighted by Crippen LogP contribution is 2.18. The fourth-order valence-electron chi connectivity index (χ4n) is 3.16. The molecule has 4 heteroatoms. The van der Waals surface area contributed by atoms with Crippen LogP contribution in [-0.2, 0) is 6.42 Å². The Kier molecular flexibility index (Phi) is 5.03.